The van der Waals surface area contributed by atoms with Crippen molar-refractivity contribution in [2.75, 3.05) is 6.54 Å². The summed E-state index contributed by atoms with van der Waals surface area (Å²) in [5.41, 5.74) is 0.716. The van der Waals surface area contributed by atoms with Gasteiger partial charge >= 0.3 is 0 Å². The summed E-state index contributed by atoms with van der Waals surface area (Å²) in [4.78, 5) is 11.7. The van der Waals surface area contributed by atoms with Crippen LogP contribution in [0, 0.1) is 5.92 Å². The molecule has 1 aliphatic rings. The summed E-state index contributed by atoms with van der Waals surface area (Å²) in [6.45, 7) is 0.218. The van der Waals surface area contributed by atoms with Gasteiger partial charge in [0.2, 0.25) is 5.91 Å². The van der Waals surface area contributed by atoms with E-state index in [-0.39, 0.29) is 12.5 Å². The van der Waals surface area contributed by atoms with Crippen LogP contribution < -0.4 is 5.32 Å². The molecule has 1 amide bonds. The number of hydrogen-bond donors (Lipinski definition) is 2. The molecule has 0 heterocycles. The molecule has 0 fully saturated rings. The second kappa shape index (κ2) is 6.73. The van der Waals surface area contributed by atoms with E-state index in [1.807, 2.05) is 0 Å². The van der Waals surface area contributed by atoms with Crippen molar-refractivity contribution < 1.29 is 9.90 Å². The zero-order valence-electron chi connectivity index (χ0n) is 10.7. The van der Waals surface area contributed by atoms with Crippen LogP contribution in [0.3, 0.4) is 0 Å². The van der Waals surface area contributed by atoms with E-state index in [0.29, 0.717) is 22.9 Å². The molecular formula is C15H18ClNO2. The largest absolute Gasteiger partial charge is 0.387 e. The number of halogens is 1. The normalized spacial score (nSPS) is 19.4. The highest BCUT2D eigenvalue weighted by molar-refractivity contribution is 6.30. The molecule has 1 aromatic rings. The quantitative estimate of drug-likeness (QED) is 0.814. The third kappa shape index (κ3) is 4.37. The lowest BCUT2D eigenvalue weighted by Crippen LogP contribution is -2.29. The monoisotopic (exact) mass is 279 g/mol. The topological polar surface area (TPSA) is 49.3 Å². The van der Waals surface area contributed by atoms with Gasteiger partial charge in [-0.15, -0.1) is 0 Å². The molecule has 0 saturated carbocycles. The Morgan fingerprint density at radius 2 is 2.37 bits per heavy atom. The molecule has 1 aliphatic carbocycles. The van der Waals surface area contributed by atoms with Crippen LogP contribution >= 0.6 is 11.6 Å². The van der Waals surface area contributed by atoms with Gasteiger partial charge in [-0.1, -0.05) is 35.9 Å². The van der Waals surface area contributed by atoms with Crippen LogP contribution in [0.5, 0.6) is 0 Å². The van der Waals surface area contributed by atoms with Crippen LogP contribution in [0.2, 0.25) is 5.02 Å². The van der Waals surface area contributed by atoms with E-state index in [1.54, 1.807) is 24.3 Å². The summed E-state index contributed by atoms with van der Waals surface area (Å²) in [5.74, 6) is 0.334. The molecule has 3 nitrogen and oxygen atoms in total. The number of carbonyl (C=O) groups excluding carboxylic acids is 1. The maximum Gasteiger partial charge on any atom is 0.220 e. The van der Waals surface area contributed by atoms with Crippen molar-refractivity contribution in [3.8, 4) is 0 Å². The maximum absolute atomic E-state index is 11.7. The molecule has 0 spiro atoms. The van der Waals surface area contributed by atoms with Gasteiger partial charge in [-0.3, -0.25) is 4.79 Å². The van der Waals surface area contributed by atoms with Gasteiger partial charge in [0.15, 0.2) is 0 Å². The number of rotatable bonds is 5. The molecule has 19 heavy (non-hydrogen) atoms. The molecule has 2 rings (SSSR count). The number of carbonyl (C=O) groups is 1. The van der Waals surface area contributed by atoms with E-state index in [0.717, 1.165) is 12.8 Å². The summed E-state index contributed by atoms with van der Waals surface area (Å²) in [6, 6.07) is 7.04. The summed E-state index contributed by atoms with van der Waals surface area (Å²) in [7, 11) is 0. The first-order chi connectivity index (χ1) is 9.15. The number of benzene rings is 1. The van der Waals surface area contributed by atoms with Crippen molar-refractivity contribution in [1.82, 2.24) is 5.32 Å². The van der Waals surface area contributed by atoms with Gasteiger partial charge in [0.25, 0.3) is 0 Å². The molecule has 102 valence electrons. The molecule has 0 radical (unpaired) electrons. The van der Waals surface area contributed by atoms with Gasteiger partial charge in [-0.2, -0.15) is 0 Å². The number of hydrogen-bond acceptors (Lipinski definition) is 2. The van der Waals surface area contributed by atoms with Gasteiger partial charge in [0.05, 0.1) is 6.10 Å². The summed E-state index contributed by atoms with van der Waals surface area (Å²) in [6.07, 6.45) is 6.08. The van der Waals surface area contributed by atoms with E-state index in [9.17, 15) is 9.90 Å². The minimum absolute atomic E-state index is 0.0161. The average molecular weight is 280 g/mol. The fourth-order valence-corrected chi connectivity index (χ4v) is 2.42. The molecule has 0 saturated heterocycles. The minimum Gasteiger partial charge on any atom is -0.387 e. The number of aliphatic hydroxyl groups excluding tert-OH is 1. The highest BCUT2D eigenvalue weighted by Crippen LogP contribution is 2.20. The first-order valence-electron chi connectivity index (χ1n) is 6.52. The second-order valence-electron chi connectivity index (χ2n) is 4.84. The fourth-order valence-electron chi connectivity index (χ4n) is 2.22. The second-order valence-corrected chi connectivity index (χ2v) is 5.28. The van der Waals surface area contributed by atoms with Crippen molar-refractivity contribution in [1.29, 1.82) is 0 Å². The minimum atomic E-state index is -0.721. The van der Waals surface area contributed by atoms with Gasteiger partial charge in [-0.05, 0) is 36.5 Å². The molecular weight excluding hydrogens is 262 g/mol. The molecule has 2 atom stereocenters. The van der Waals surface area contributed by atoms with E-state index in [1.165, 1.54) is 0 Å². The zero-order valence-corrected chi connectivity index (χ0v) is 11.4. The van der Waals surface area contributed by atoms with Crippen molar-refractivity contribution in [2.45, 2.75) is 25.4 Å². The highest BCUT2D eigenvalue weighted by atomic mass is 35.5. The van der Waals surface area contributed by atoms with Crippen molar-refractivity contribution in [3.63, 3.8) is 0 Å². The molecule has 0 aliphatic heterocycles. The van der Waals surface area contributed by atoms with Crippen molar-refractivity contribution >= 4 is 17.5 Å². The van der Waals surface area contributed by atoms with Gasteiger partial charge in [0.1, 0.15) is 0 Å². The third-order valence-corrected chi connectivity index (χ3v) is 3.52. The molecule has 1 aromatic carbocycles. The van der Waals surface area contributed by atoms with Crippen LogP contribution in [-0.2, 0) is 4.79 Å². The Hall–Kier alpha value is -1.32. The van der Waals surface area contributed by atoms with E-state index < -0.39 is 6.10 Å². The lowest BCUT2D eigenvalue weighted by Gasteiger charge is -2.13. The SMILES string of the molecule is O=C(C[C@H]1C=CCC1)NC[C@H](O)c1cccc(Cl)c1. The lowest BCUT2D eigenvalue weighted by molar-refractivity contribution is -0.122. The number of amides is 1. The molecule has 4 heteroatoms. The number of allylic oxidation sites excluding steroid dienone is 2. The van der Waals surface area contributed by atoms with Gasteiger partial charge in [-0.25, -0.2) is 0 Å². The predicted molar refractivity (Wildman–Crippen MR) is 75.9 cm³/mol. The lowest BCUT2D eigenvalue weighted by atomic mass is 10.0. The molecule has 0 unspecified atom stereocenters. The average Bonchev–Trinajstić information content (AvgIpc) is 2.88. The molecule has 0 bridgehead atoms. The first kappa shape index (κ1) is 14.1. The fraction of sp³-hybridized carbons (Fsp3) is 0.400. The van der Waals surface area contributed by atoms with Crippen molar-refractivity contribution in [2.24, 2.45) is 5.92 Å². The van der Waals surface area contributed by atoms with Crippen LogP contribution in [0.15, 0.2) is 36.4 Å². The Bertz CT molecular complexity index is 473. The van der Waals surface area contributed by atoms with Gasteiger partial charge in [0, 0.05) is 18.0 Å². The smallest absolute Gasteiger partial charge is 0.220 e. The predicted octanol–water partition coefficient (Wildman–Crippen LogP) is 2.85. The summed E-state index contributed by atoms with van der Waals surface area (Å²) < 4.78 is 0. The Morgan fingerprint density at radius 3 is 3.05 bits per heavy atom. The maximum atomic E-state index is 11.7. The van der Waals surface area contributed by atoms with Crippen LogP contribution in [0.4, 0.5) is 0 Å². The summed E-state index contributed by atoms with van der Waals surface area (Å²) >= 11 is 5.86. The molecule has 2 N–H and O–H groups in total. The molecule has 0 aromatic heterocycles. The number of aliphatic hydroxyl groups is 1. The Balaban J connectivity index is 1.78. The standard InChI is InChI=1S/C15H18ClNO2/c16-13-7-3-6-12(9-13)14(18)10-17-15(19)8-11-4-1-2-5-11/h1,3-4,6-7,9,11,14,18H,2,5,8,10H2,(H,17,19)/t11-,14-/m0/s1. The third-order valence-electron chi connectivity index (χ3n) is 3.29. The van der Waals surface area contributed by atoms with Crippen LogP contribution in [0.25, 0.3) is 0 Å². The first-order valence-corrected chi connectivity index (χ1v) is 6.90. The van der Waals surface area contributed by atoms with E-state index in [2.05, 4.69) is 17.5 Å². The summed E-state index contributed by atoms with van der Waals surface area (Å²) in [5, 5.41) is 13.3. The van der Waals surface area contributed by atoms with Crippen molar-refractivity contribution in [3.05, 3.63) is 47.0 Å². The number of nitrogens with one attached hydrogen (secondary N) is 1. The van der Waals surface area contributed by atoms with E-state index in [4.69, 9.17) is 11.6 Å². The Kier molecular flexibility index (Phi) is 5.00. The Morgan fingerprint density at radius 1 is 1.53 bits per heavy atom. The van der Waals surface area contributed by atoms with Gasteiger partial charge < -0.3 is 10.4 Å². The van der Waals surface area contributed by atoms with E-state index >= 15 is 0 Å². The zero-order chi connectivity index (χ0) is 13.7. The van der Waals surface area contributed by atoms with Crippen LogP contribution in [-0.4, -0.2) is 17.6 Å². The highest BCUT2D eigenvalue weighted by Gasteiger charge is 2.15. The Labute approximate surface area is 118 Å². The van der Waals surface area contributed by atoms with Crippen LogP contribution in [0.1, 0.15) is 30.9 Å².